The highest BCUT2D eigenvalue weighted by Gasteiger charge is 2.19. The Labute approximate surface area is 193 Å². The summed E-state index contributed by atoms with van der Waals surface area (Å²) in [4.78, 5) is 17.4. The van der Waals surface area contributed by atoms with E-state index in [0.29, 0.717) is 48.8 Å². The van der Waals surface area contributed by atoms with E-state index in [0.717, 1.165) is 12.3 Å². The fourth-order valence-electron chi connectivity index (χ4n) is 2.46. The molecule has 0 unspecified atom stereocenters. The number of rotatable bonds is 7. The predicted octanol–water partition coefficient (Wildman–Crippen LogP) is 3.33. The van der Waals surface area contributed by atoms with Crippen molar-refractivity contribution in [1.82, 2.24) is 30.7 Å². The standard InChI is InChI=1S/C20H27N7O2.HI/c1-5-21-19(25-13-17-24-12-15(28-17)20(2,3)4)23-11-9-16-26-18(29-27-16)14-8-6-7-10-22-14;/h6-8,10,12H,5,9,11,13H2,1-4H3,(H2,21,23,25);1H. The number of nitrogens with zero attached hydrogens (tertiary/aromatic N) is 5. The van der Waals surface area contributed by atoms with Crippen molar-refractivity contribution in [3.05, 3.63) is 48.1 Å². The van der Waals surface area contributed by atoms with Crippen LogP contribution in [0.25, 0.3) is 11.6 Å². The first-order valence-electron chi connectivity index (χ1n) is 9.67. The number of oxazole rings is 1. The van der Waals surface area contributed by atoms with Crippen molar-refractivity contribution in [2.24, 2.45) is 4.99 Å². The maximum absolute atomic E-state index is 5.78. The van der Waals surface area contributed by atoms with E-state index in [2.05, 4.69) is 56.5 Å². The van der Waals surface area contributed by atoms with Crippen molar-refractivity contribution in [1.29, 1.82) is 0 Å². The van der Waals surface area contributed by atoms with Crippen molar-refractivity contribution >= 4 is 29.9 Å². The molecule has 0 aliphatic rings. The van der Waals surface area contributed by atoms with Gasteiger partial charge in [0, 0.05) is 31.1 Å². The third-order valence-corrected chi connectivity index (χ3v) is 4.00. The summed E-state index contributed by atoms with van der Waals surface area (Å²) in [6, 6.07) is 5.55. The number of hydrogen-bond donors (Lipinski definition) is 2. The van der Waals surface area contributed by atoms with E-state index >= 15 is 0 Å². The van der Waals surface area contributed by atoms with Crippen LogP contribution in [-0.4, -0.2) is 39.2 Å². The van der Waals surface area contributed by atoms with Crippen LogP contribution in [-0.2, 0) is 18.4 Å². The molecule has 2 N–H and O–H groups in total. The van der Waals surface area contributed by atoms with Gasteiger partial charge in [-0.25, -0.2) is 9.98 Å². The van der Waals surface area contributed by atoms with Crippen LogP contribution < -0.4 is 10.6 Å². The van der Waals surface area contributed by atoms with Crippen molar-refractivity contribution < 1.29 is 8.94 Å². The van der Waals surface area contributed by atoms with Gasteiger partial charge in [0.25, 0.3) is 5.89 Å². The van der Waals surface area contributed by atoms with E-state index in [4.69, 9.17) is 8.94 Å². The first kappa shape index (κ1) is 23.8. The summed E-state index contributed by atoms with van der Waals surface area (Å²) in [5.41, 5.74) is 0.589. The van der Waals surface area contributed by atoms with Crippen molar-refractivity contribution in [3.63, 3.8) is 0 Å². The second-order valence-corrected chi connectivity index (χ2v) is 7.47. The molecule has 162 valence electrons. The molecule has 30 heavy (non-hydrogen) atoms. The van der Waals surface area contributed by atoms with Crippen LogP contribution in [0.2, 0.25) is 0 Å². The molecule has 10 heteroatoms. The first-order valence-corrected chi connectivity index (χ1v) is 9.67. The fraction of sp³-hybridized carbons (Fsp3) is 0.450. The molecule has 0 saturated heterocycles. The zero-order valence-electron chi connectivity index (χ0n) is 17.7. The third-order valence-electron chi connectivity index (χ3n) is 4.00. The van der Waals surface area contributed by atoms with Gasteiger partial charge < -0.3 is 19.6 Å². The second kappa shape index (κ2) is 11.0. The van der Waals surface area contributed by atoms with Gasteiger partial charge in [0.05, 0.1) is 6.20 Å². The molecular weight excluding hydrogens is 497 g/mol. The van der Waals surface area contributed by atoms with Crippen molar-refractivity contribution in [2.75, 3.05) is 13.1 Å². The second-order valence-electron chi connectivity index (χ2n) is 7.47. The van der Waals surface area contributed by atoms with Gasteiger partial charge in [0.15, 0.2) is 11.8 Å². The Morgan fingerprint density at radius 2 is 2.00 bits per heavy atom. The summed E-state index contributed by atoms with van der Waals surface area (Å²) >= 11 is 0. The molecule has 3 aromatic rings. The molecule has 0 spiro atoms. The first-order chi connectivity index (χ1) is 14.0. The molecule has 9 nitrogen and oxygen atoms in total. The van der Waals surface area contributed by atoms with E-state index in [1.54, 1.807) is 12.4 Å². The Bertz CT molecular complexity index is 932. The minimum atomic E-state index is -0.0730. The third kappa shape index (κ3) is 6.78. The smallest absolute Gasteiger partial charge is 0.276 e. The highest BCUT2D eigenvalue weighted by Crippen LogP contribution is 2.22. The van der Waals surface area contributed by atoms with Gasteiger partial charge in [0.1, 0.15) is 18.0 Å². The van der Waals surface area contributed by atoms with Crippen molar-refractivity contribution in [3.8, 4) is 11.6 Å². The molecule has 3 aromatic heterocycles. The maximum atomic E-state index is 5.78. The lowest BCUT2D eigenvalue weighted by Gasteiger charge is -2.13. The Morgan fingerprint density at radius 1 is 1.17 bits per heavy atom. The molecule has 0 aliphatic heterocycles. The average Bonchev–Trinajstić information content (AvgIpc) is 3.36. The summed E-state index contributed by atoms with van der Waals surface area (Å²) in [7, 11) is 0. The van der Waals surface area contributed by atoms with Gasteiger partial charge in [-0.3, -0.25) is 4.98 Å². The maximum Gasteiger partial charge on any atom is 0.276 e. The number of aromatic nitrogens is 4. The molecule has 3 rings (SSSR count). The number of hydrogen-bond acceptors (Lipinski definition) is 7. The van der Waals surface area contributed by atoms with E-state index in [1.165, 1.54) is 0 Å². The van der Waals surface area contributed by atoms with Crippen LogP contribution in [0.1, 0.15) is 45.2 Å². The number of nitrogens with one attached hydrogen (secondary N) is 2. The Balaban J connectivity index is 0.00000320. The van der Waals surface area contributed by atoms with Crippen LogP contribution in [0.15, 0.2) is 44.5 Å². The molecule has 0 radical (unpaired) electrons. The number of guanidine groups is 1. The normalized spacial score (nSPS) is 11.8. The summed E-state index contributed by atoms with van der Waals surface area (Å²) in [5.74, 6) is 3.14. The molecule has 3 heterocycles. The predicted molar refractivity (Wildman–Crippen MR) is 125 cm³/mol. The lowest BCUT2D eigenvalue weighted by molar-refractivity contribution is 0.383. The van der Waals surface area contributed by atoms with Crippen LogP contribution in [0.3, 0.4) is 0 Å². The number of pyridine rings is 1. The lowest BCUT2D eigenvalue weighted by atomic mass is 9.94. The van der Waals surface area contributed by atoms with Crippen LogP contribution in [0.4, 0.5) is 0 Å². The van der Waals surface area contributed by atoms with Crippen LogP contribution in [0.5, 0.6) is 0 Å². The topological polar surface area (TPSA) is 114 Å². The van der Waals surface area contributed by atoms with E-state index in [1.807, 2.05) is 25.1 Å². The van der Waals surface area contributed by atoms with Gasteiger partial charge in [-0.1, -0.05) is 32.0 Å². The monoisotopic (exact) mass is 525 g/mol. The van der Waals surface area contributed by atoms with E-state index < -0.39 is 0 Å². The molecule has 0 aliphatic carbocycles. The Morgan fingerprint density at radius 3 is 2.67 bits per heavy atom. The minimum absolute atomic E-state index is 0. The molecule has 0 fully saturated rings. The molecule has 0 atom stereocenters. The van der Waals surface area contributed by atoms with Crippen LogP contribution >= 0.6 is 24.0 Å². The molecule has 0 aromatic carbocycles. The summed E-state index contributed by atoms with van der Waals surface area (Å²) in [6.45, 7) is 9.98. The number of halogens is 1. The SMILES string of the molecule is CCNC(=NCc1ncc(C(C)(C)C)o1)NCCc1noc(-c2ccccn2)n1.I. The van der Waals surface area contributed by atoms with E-state index in [9.17, 15) is 0 Å². The molecular formula is C20H28IN7O2. The lowest BCUT2D eigenvalue weighted by Crippen LogP contribution is -2.38. The summed E-state index contributed by atoms with van der Waals surface area (Å²) in [6.07, 6.45) is 4.05. The minimum Gasteiger partial charge on any atom is -0.443 e. The molecule has 0 saturated carbocycles. The quantitative estimate of drug-likeness (QED) is 0.274. The number of aliphatic imine (C=N–C) groups is 1. The molecule has 0 bridgehead atoms. The van der Waals surface area contributed by atoms with Crippen molar-refractivity contribution in [2.45, 2.75) is 46.1 Å². The van der Waals surface area contributed by atoms with Gasteiger partial charge in [0.2, 0.25) is 5.89 Å². The Kier molecular flexibility index (Phi) is 8.75. The largest absolute Gasteiger partial charge is 0.443 e. The van der Waals surface area contributed by atoms with Gasteiger partial charge >= 0.3 is 0 Å². The highest BCUT2D eigenvalue weighted by atomic mass is 127. The van der Waals surface area contributed by atoms with E-state index in [-0.39, 0.29) is 29.4 Å². The summed E-state index contributed by atoms with van der Waals surface area (Å²) < 4.78 is 11.1. The van der Waals surface area contributed by atoms with Gasteiger partial charge in [-0.2, -0.15) is 4.98 Å². The van der Waals surface area contributed by atoms with Gasteiger partial charge in [-0.05, 0) is 19.1 Å². The summed E-state index contributed by atoms with van der Waals surface area (Å²) in [5, 5.41) is 10.5. The molecule has 0 amide bonds. The van der Waals surface area contributed by atoms with Crippen LogP contribution in [0, 0.1) is 0 Å². The zero-order valence-corrected chi connectivity index (χ0v) is 20.0. The Hall–Kier alpha value is -2.50. The average molecular weight is 525 g/mol. The van der Waals surface area contributed by atoms with Gasteiger partial charge in [-0.15, -0.1) is 24.0 Å². The fourth-order valence-corrected chi connectivity index (χ4v) is 2.46. The zero-order chi connectivity index (χ0) is 20.7. The highest BCUT2D eigenvalue weighted by molar-refractivity contribution is 14.0.